The largest absolute Gasteiger partial charge is 0.463 e. The third kappa shape index (κ3) is 4.45. The number of aromatic nitrogens is 1. The molecule has 4 rings (SSSR count). The molecule has 0 saturated carbocycles. The van der Waals surface area contributed by atoms with Gasteiger partial charge in [0.25, 0.3) is 5.56 Å². The molecule has 2 heterocycles. The van der Waals surface area contributed by atoms with E-state index in [9.17, 15) is 9.59 Å². The van der Waals surface area contributed by atoms with E-state index in [-0.39, 0.29) is 12.2 Å². The molecule has 5 nitrogen and oxygen atoms in total. The van der Waals surface area contributed by atoms with Crippen LogP contribution in [0.2, 0.25) is 0 Å². The van der Waals surface area contributed by atoms with Crippen molar-refractivity contribution in [2.75, 3.05) is 6.61 Å². The van der Waals surface area contributed by atoms with Gasteiger partial charge in [0.2, 0.25) is 0 Å². The van der Waals surface area contributed by atoms with Crippen molar-refractivity contribution in [1.29, 1.82) is 0 Å². The Balaban J connectivity index is 1.83. The predicted molar refractivity (Wildman–Crippen MR) is 131 cm³/mol. The lowest BCUT2D eigenvalue weighted by atomic mass is 9.96. The number of hydrogen-bond donors (Lipinski definition) is 0. The number of ether oxygens (including phenoxy) is 1. The molecule has 32 heavy (non-hydrogen) atoms. The number of hydrogen-bond acceptors (Lipinski definition) is 5. The summed E-state index contributed by atoms with van der Waals surface area (Å²) in [5, 5.41) is 0. The zero-order valence-corrected chi connectivity index (χ0v) is 20.0. The maximum Gasteiger partial charge on any atom is 0.338 e. The van der Waals surface area contributed by atoms with Gasteiger partial charge in [0.15, 0.2) is 4.80 Å². The lowest BCUT2D eigenvalue weighted by molar-refractivity contribution is -0.139. The third-order valence-electron chi connectivity index (χ3n) is 5.04. The van der Waals surface area contributed by atoms with Crippen LogP contribution >= 0.6 is 27.3 Å². The molecule has 0 amide bonds. The van der Waals surface area contributed by atoms with E-state index in [1.54, 1.807) is 24.5 Å². The van der Waals surface area contributed by atoms with Gasteiger partial charge in [0.05, 0.1) is 28.5 Å². The third-order valence-corrected chi connectivity index (χ3v) is 6.57. The van der Waals surface area contributed by atoms with E-state index in [2.05, 4.69) is 20.9 Å². The Morgan fingerprint density at radius 2 is 1.91 bits per heavy atom. The van der Waals surface area contributed by atoms with Gasteiger partial charge in [-0.1, -0.05) is 81.9 Å². The Morgan fingerprint density at radius 1 is 1.19 bits per heavy atom. The summed E-state index contributed by atoms with van der Waals surface area (Å²) in [6.45, 7) is 3.80. The fourth-order valence-corrected chi connectivity index (χ4v) is 4.84. The van der Waals surface area contributed by atoms with Crippen molar-refractivity contribution in [3.8, 4) is 0 Å². The van der Waals surface area contributed by atoms with E-state index >= 15 is 0 Å². The minimum Gasteiger partial charge on any atom is -0.463 e. The fourth-order valence-electron chi connectivity index (χ4n) is 3.58. The van der Waals surface area contributed by atoms with Crippen molar-refractivity contribution in [3.05, 3.63) is 107 Å². The summed E-state index contributed by atoms with van der Waals surface area (Å²) in [6, 6.07) is 16.8. The van der Waals surface area contributed by atoms with E-state index in [4.69, 9.17) is 4.74 Å². The van der Waals surface area contributed by atoms with Gasteiger partial charge in [-0.25, -0.2) is 9.79 Å². The summed E-state index contributed by atoms with van der Waals surface area (Å²) in [4.78, 5) is 31.3. The number of rotatable bonds is 5. The van der Waals surface area contributed by atoms with Gasteiger partial charge in [0, 0.05) is 4.47 Å². The second-order valence-electron chi connectivity index (χ2n) is 7.15. The molecule has 0 aliphatic carbocycles. The SMILES string of the molecule is CCOC(=O)C1=C(C)N=c2s/c(=C/C=C/c3ccc(Br)cc3)c(=O)n2[C@@H]1c1ccccc1. The average molecular weight is 509 g/mol. The van der Waals surface area contributed by atoms with Crippen LogP contribution in [0, 0.1) is 0 Å². The highest BCUT2D eigenvalue weighted by Gasteiger charge is 2.33. The summed E-state index contributed by atoms with van der Waals surface area (Å²) in [6.07, 6.45) is 5.58. The minimum absolute atomic E-state index is 0.183. The van der Waals surface area contributed by atoms with E-state index < -0.39 is 12.0 Å². The van der Waals surface area contributed by atoms with Gasteiger partial charge in [-0.2, -0.15) is 0 Å². The number of thiazole rings is 1. The van der Waals surface area contributed by atoms with Crippen molar-refractivity contribution in [1.82, 2.24) is 4.57 Å². The molecule has 0 spiro atoms. The highest BCUT2D eigenvalue weighted by atomic mass is 79.9. The number of esters is 1. The Bertz CT molecular complexity index is 1380. The molecule has 7 heteroatoms. The van der Waals surface area contributed by atoms with Crippen LogP contribution in [0.25, 0.3) is 12.2 Å². The first-order chi connectivity index (χ1) is 15.5. The zero-order chi connectivity index (χ0) is 22.7. The molecule has 0 saturated heterocycles. The molecule has 0 bridgehead atoms. The van der Waals surface area contributed by atoms with Crippen LogP contribution in [0.3, 0.4) is 0 Å². The van der Waals surface area contributed by atoms with Gasteiger partial charge in [-0.3, -0.25) is 9.36 Å². The standard InChI is InChI=1S/C25H21BrN2O3S/c1-3-31-24(30)21-16(2)27-25-28(22(21)18-9-5-4-6-10-18)23(29)20(32-25)11-7-8-17-12-14-19(26)15-13-17/h4-15,22H,3H2,1-2H3/b8-7+,20-11+/t22-/m1/s1. The van der Waals surface area contributed by atoms with E-state index in [1.165, 1.54) is 11.3 Å². The molecule has 0 unspecified atom stereocenters. The second kappa shape index (κ2) is 9.63. The molecule has 0 fully saturated rings. The van der Waals surface area contributed by atoms with Crippen molar-refractivity contribution < 1.29 is 9.53 Å². The van der Waals surface area contributed by atoms with Crippen molar-refractivity contribution in [2.24, 2.45) is 4.99 Å². The molecular formula is C25H21BrN2O3S. The Labute approximate surface area is 197 Å². The fraction of sp³-hybridized carbons (Fsp3) is 0.160. The maximum absolute atomic E-state index is 13.4. The normalized spacial score (nSPS) is 16.2. The Hall–Kier alpha value is -3.03. The van der Waals surface area contributed by atoms with E-state index in [0.717, 1.165) is 15.6 Å². The zero-order valence-electron chi connectivity index (χ0n) is 17.6. The summed E-state index contributed by atoms with van der Waals surface area (Å²) in [5.41, 5.74) is 2.64. The van der Waals surface area contributed by atoms with Crippen LogP contribution in [-0.2, 0) is 9.53 Å². The van der Waals surface area contributed by atoms with Crippen LogP contribution in [0.5, 0.6) is 0 Å². The molecule has 1 aliphatic rings. The smallest absolute Gasteiger partial charge is 0.338 e. The Morgan fingerprint density at radius 3 is 2.59 bits per heavy atom. The molecule has 2 aromatic carbocycles. The highest BCUT2D eigenvalue weighted by molar-refractivity contribution is 9.10. The van der Waals surface area contributed by atoms with Crippen LogP contribution in [-0.4, -0.2) is 17.1 Å². The minimum atomic E-state index is -0.580. The first-order valence-electron chi connectivity index (χ1n) is 10.2. The van der Waals surface area contributed by atoms with Crippen molar-refractivity contribution in [3.63, 3.8) is 0 Å². The lowest BCUT2D eigenvalue weighted by Crippen LogP contribution is -2.39. The summed E-state index contributed by atoms with van der Waals surface area (Å²) >= 11 is 4.74. The molecular weight excluding hydrogens is 488 g/mol. The van der Waals surface area contributed by atoms with Crippen LogP contribution in [0.15, 0.2) is 86.2 Å². The Kier molecular flexibility index (Phi) is 6.67. The highest BCUT2D eigenvalue weighted by Crippen LogP contribution is 2.30. The molecule has 3 aromatic rings. The number of carbonyl (C=O) groups is 1. The van der Waals surface area contributed by atoms with Gasteiger partial charge >= 0.3 is 5.97 Å². The van der Waals surface area contributed by atoms with E-state index in [1.807, 2.05) is 66.7 Å². The number of halogens is 1. The second-order valence-corrected chi connectivity index (χ2v) is 9.07. The lowest BCUT2D eigenvalue weighted by Gasteiger charge is -2.24. The quantitative estimate of drug-likeness (QED) is 0.484. The number of nitrogens with zero attached hydrogens (tertiary/aromatic N) is 2. The predicted octanol–water partition coefficient (Wildman–Crippen LogP) is 4.23. The van der Waals surface area contributed by atoms with Gasteiger partial charge in [-0.05, 0) is 43.2 Å². The molecule has 162 valence electrons. The first-order valence-corrected chi connectivity index (χ1v) is 11.8. The molecule has 1 aromatic heterocycles. The van der Waals surface area contributed by atoms with Gasteiger partial charge < -0.3 is 4.74 Å². The van der Waals surface area contributed by atoms with Gasteiger partial charge in [0.1, 0.15) is 0 Å². The molecule has 0 N–H and O–H groups in total. The number of benzene rings is 2. The topological polar surface area (TPSA) is 60.7 Å². The van der Waals surface area contributed by atoms with Crippen molar-refractivity contribution in [2.45, 2.75) is 19.9 Å². The van der Waals surface area contributed by atoms with Gasteiger partial charge in [-0.15, -0.1) is 0 Å². The summed E-state index contributed by atoms with van der Waals surface area (Å²) < 4.78 is 8.45. The van der Waals surface area contributed by atoms with E-state index in [0.29, 0.717) is 20.6 Å². The average Bonchev–Trinajstić information content (AvgIpc) is 3.09. The monoisotopic (exact) mass is 508 g/mol. The number of allylic oxidation sites excluding steroid dienone is 2. The molecule has 1 atom stereocenters. The van der Waals surface area contributed by atoms with Crippen LogP contribution < -0.4 is 14.9 Å². The number of carbonyl (C=O) groups excluding carboxylic acids is 1. The molecule has 0 radical (unpaired) electrons. The van der Waals surface area contributed by atoms with Crippen molar-refractivity contribution >= 4 is 45.4 Å². The molecule has 1 aliphatic heterocycles. The van der Waals surface area contributed by atoms with Crippen LogP contribution in [0.1, 0.15) is 31.0 Å². The summed E-state index contributed by atoms with van der Waals surface area (Å²) in [5.74, 6) is -0.452. The first kappa shape index (κ1) is 22.2. The van der Waals surface area contributed by atoms with Crippen LogP contribution in [0.4, 0.5) is 0 Å². The maximum atomic E-state index is 13.4. The number of fused-ring (bicyclic) bond motifs is 1. The summed E-state index contributed by atoms with van der Waals surface area (Å²) in [7, 11) is 0.